The van der Waals surface area contributed by atoms with Gasteiger partial charge in [0.05, 0.1) is 16.1 Å². The van der Waals surface area contributed by atoms with Crippen molar-refractivity contribution in [3.63, 3.8) is 0 Å². The zero-order chi connectivity index (χ0) is 23.9. The minimum absolute atomic E-state index is 0.0807. The zero-order valence-electron chi connectivity index (χ0n) is 19.5. The first-order valence-corrected chi connectivity index (χ1v) is 14.9. The van der Waals surface area contributed by atoms with E-state index >= 15 is 0 Å². The molecular weight excluding hydrogens is 488 g/mol. The summed E-state index contributed by atoms with van der Waals surface area (Å²) in [4.78, 5) is 22.4. The number of hydrogen-bond acceptors (Lipinski definition) is 7. The molecule has 0 bridgehead atoms. The number of aromatic nitrogens is 1. The molecule has 2 aliphatic heterocycles. The maximum atomic E-state index is 13.3. The van der Waals surface area contributed by atoms with E-state index in [1.54, 1.807) is 28.8 Å². The number of hydrogen-bond donors (Lipinski definition) is 0. The molecule has 2 aliphatic rings. The average molecular weight is 519 g/mol. The first-order valence-electron chi connectivity index (χ1n) is 11.8. The molecule has 2 fully saturated rings. The number of piperidine rings is 1. The molecule has 4 heterocycles. The Hall–Kier alpha value is -2.01. The van der Waals surface area contributed by atoms with Gasteiger partial charge in [-0.2, -0.15) is 4.31 Å². The van der Waals surface area contributed by atoms with Gasteiger partial charge >= 0.3 is 0 Å². The van der Waals surface area contributed by atoms with Crippen molar-refractivity contribution in [1.29, 1.82) is 0 Å². The molecule has 1 atom stereocenters. The molecule has 1 amide bonds. The molecule has 1 aromatic carbocycles. The minimum atomic E-state index is -3.52. The summed E-state index contributed by atoms with van der Waals surface area (Å²) in [6, 6.07) is 9.76. The molecule has 0 saturated carbocycles. The fourth-order valence-electron chi connectivity index (χ4n) is 4.84. The monoisotopic (exact) mass is 518 g/mol. The lowest BCUT2D eigenvalue weighted by atomic mass is 9.98. The van der Waals surface area contributed by atoms with Crippen molar-refractivity contribution in [2.24, 2.45) is 5.92 Å². The van der Waals surface area contributed by atoms with Crippen LogP contribution in [0.5, 0.6) is 0 Å². The molecule has 0 N–H and O–H groups in total. The number of rotatable bonds is 5. The number of thiophene rings is 1. The van der Waals surface area contributed by atoms with Gasteiger partial charge in [-0.25, -0.2) is 13.4 Å². The number of para-hydroxylation sites is 1. The quantitative estimate of drug-likeness (QED) is 0.505. The summed E-state index contributed by atoms with van der Waals surface area (Å²) < 4.78 is 28.9. The number of amides is 1. The van der Waals surface area contributed by atoms with Crippen LogP contribution in [-0.4, -0.2) is 67.8 Å². The van der Waals surface area contributed by atoms with Gasteiger partial charge in [-0.1, -0.05) is 43.4 Å². The molecule has 2 saturated heterocycles. The van der Waals surface area contributed by atoms with E-state index in [2.05, 4.69) is 36.9 Å². The number of fused-ring (bicyclic) bond motifs is 1. The van der Waals surface area contributed by atoms with Crippen LogP contribution in [0.25, 0.3) is 10.2 Å². The lowest BCUT2D eigenvalue weighted by molar-refractivity contribution is -0.137. The van der Waals surface area contributed by atoms with Crippen molar-refractivity contribution in [3.05, 3.63) is 41.3 Å². The second kappa shape index (κ2) is 9.56. The van der Waals surface area contributed by atoms with Gasteiger partial charge in [0.15, 0.2) is 5.13 Å². The van der Waals surface area contributed by atoms with Crippen LogP contribution in [-0.2, 0) is 14.8 Å². The largest absolute Gasteiger partial charge is 0.345 e. The maximum absolute atomic E-state index is 13.3. The molecule has 1 unspecified atom stereocenters. The summed E-state index contributed by atoms with van der Waals surface area (Å²) in [5.74, 6) is 0.231. The Balaban J connectivity index is 1.23. The molecule has 3 aromatic rings. The van der Waals surface area contributed by atoms with Crippen molar-refractivity contribution in [1.82, 2.24) is 14.2 Å². The van der Waals surface area contributed by atoms with Crippen molar-refractivity contribution < 1.29 is 13.2 Å². The number of nitrogens with zero attached hydrogens (tertiary/aromatic N) is 4. The van der Waals surface area contributed by atoms with Crippen molar-refractivity contribution in [2.75, 3.05) is 44.2 Å². The predicted molar refractivity (Wildman–Crippen MR) is 138 cm³/mol. The topological polar surface area (TPSA) is 73.8 Å². The predicted octanol–water partition coefficient (Wildman–Crippen LogP) is 4.23. The van der Waals surface area contributed by atoms with Crippen LogP contribution in [0.1, 0.15) is 38.2 Å². The third-order valence-corrected chi connectivity index (χ3v) is 11.1. The van der Waals surface area contributed by atoms with Crippen LogP contribution in [0, 0.1) is 5.92 Å². The normalized spacial score (nSPS) is 20.4. The standard InChI is InChI=1S/C24H30N4O3S3/c1-17(2)19-7-3-8-20-22(19)25-24(33-20)27-13-11-26(12-14-27)23(29)18-6-4-10-28(16-18)34(30,31)21-9-5-15-32-21/h3,5,7-9,15,17-18H,4,6,10-14,16H2,1-2H3. The highest BCUT2D eigenvalue weighted by Crippen LogP contribution is 2.34. The summed E-state index contributed by atoms with van der Waals surface area (Å²) in [5.41, 5.74) is 2.36. The van der Waals surface area contributed by atoms with Crippen LogP contribution in [0.15, 0.2) is 39.9 Å². The number of anilines is 1. The van der Waals surface area contributed by atoms with E-state index in [9.17, 15) is 13.2 Å². The van der Waals surface area contributed by atoms with E-state index in [-0.39, 0.29) is 18.4 Å². The molecule has 2 aromatic heterocycles. The van der Waals surface area contributed by atoms with E-state index in [1.807, 2.05) is 4.90 Å². The average Bonchev–Trinajstić information content (AvgIpc) is 3.54. The Labute approximate surface area is 209 Å². The first kappa shape index (κ1) is 23.7. The van der Waals surface area contributed by atoms with Crippen molar-refractivity contribution in [3.8, 4) is 0 Å². The fourth-order valence-corrected chi connectivity index (χ4v) is 8.56. The lowest BCUT2D eigenvalue weighted by Gasteiger charge is -2.38. The Morgan fingerprint density at radius 2 is 1.88 bits per heavy atom. The van der Waals surface area contributed by atoms with Gasteiger partial charge in [0, 0.05) is 39.3 Å². The van der Waals surface area contributed by atoms with Crippen molar-refractivity contribution >= 4 is 54.0 Å². The van der Waals surface area contributed by atoms with Gasteiger partial charge in [-0.15, -0.1) is 11.3 Å². The lowest BCUT2D eigenvalue weighted by Crippen LogP contribution is -2.53. The van der Waals surface area contributed by atoms with Crippen LogP contribution in [0.2, 0.25) is 0 Å². The molecule has 5 rings (SSSR count). The number of carbonyl (C=O) groups excluding carboxylic acids is 1. The molecule has 7 nitrogen and oxygen atoms in total. The molecule has 0 radical (unpaired) electrons. The second-order valence-electron chi connectivity index (χ2n) is 9.29. The summed E-state index contributed by atoms with van der Waals surface area (Å²) in [6.45, 7) is 7.90. The highest BCUT2D eigenvalue weighted by atomic mass is 32.2. The van der Waals surface area contributed by atoms with E-state index in [4.69, 9.17) is 4.98 Å². The van der Waals surface area contributed by atoms with Crippen LogP contribution >= 0.6 is 22.7 Å². The molecule has 34 heavy (non-hydrogen) atoms. The summed E-state index contributed by atoms with van der Waals surface area (Å²) >= 11 is 2.94. The Morgan fingerprint density at radius 1 is 1.09 bits per heavy atom. The minimum Gasteiger partial charge on any atom is -0.345 e. The van der Waals surface area contributed by atoms with Crippen LogP contribution in [0.4, 0.5) is 5.13 Å². The second-order valence-corrected chi connectivity index (χ2v) is 13.4. The smallest absolute Gasteiger partial charge is 0.252 e. The van der Waals surface area contributed by atoms with Crippen molar-refractivity contribution in [2.45, 2.75) is 36.8 Å². The highest BCUT2D eigenvalue weighted by molar-refractivity contribution is 7.91. The van der Waals surface area contributed by atoms with Crippen LogP contribution < -0.4 is 4.90 Å². The SMILES string of the molecule is CC(C)c1cccc2sc(N3CCN(C(=O)C4CCCN(S(=O)(=O)c5cccs5)C4)CC3)nc12. The third-order valence-electron chi connectivity index (χ3n) is 6.75. The maximum Gasteiger partial charge on any atom is 0.252 e. The summed E-state index contributed by atoms with van der Waals surface area (Å²) in [6.07, 6.45) is 1.45. The number of benzene rings is 1. The zero-order valence-corrected chi connectivity index (χ0v) is 22.0. The van der Waals surface area contributed by atoms with Gasteiger partial charge in [0.1, 0.15) is 4.21 Å². The Bertz CT molecular complexity index is 1260. The molecule has 182 valence electrons. The molecule has 10 heteroatoms. The number of piperazine rings is 1. The number of carbonyl (C=O) groups is 1. The molecule has 0 aliphatic carbocycles. The Morgan fingerprint density at radius 3 is 2.59 bits per heavy atom. The molecule has 0 spiro atoms. The van der Waals surface area contributed by atoms with E-state index < -0.39 is 10.0 Å². The van der Waals surface area contributed by atoms with E-state index in [1.165, 1.54) is 25.9 Å². The van der Waals surface area contributed by atoms with Crippen LogP contribution in [0.3, 0.4) is 0 Å². The fraction of sp³-hybridized carbons (Fsp3) is 0.500. The van der Waals surface area contributed by atoms with Gasteiger partial charge in [-0.05, 0) is 41.8 Å². The van der Waals surface area contributed by atoms with Gasteiger partial charge in [0.2, 0.25) is 5.91 Å². The number of thiazole rings is 1. The Kier molecular flexibility index (Phi) is 6.67. The van der Waals surface area contributed by atoms with Gasteiger partial charge in [-0.3, -0.25) is 4.79 Å². The molecular formula is C24H30N4O3S3. The summed E-state index contributed by atoms with van der Waals surface area (Å²) in [7, 11) is -3.52. The van der Waals surface area contributed by atoms with Gasteiger partial charge in [0.25, 0.3) is 10.0 Å². The van der Waals surface area contributed by atoms with Gasteiger partial charge < -0.3 is 9.80 Å². The summed E-state index contributed by atoms with van der Waals surface area (Å²) in [5, 5.41) is 2.79. The highest BCUT2D eigenvalue weighted by Gasteiger charge is 2.36. The number of sulfonamides is 1. The van der Waals surface area contributed by atoms with E-state index in [0.29, 0.717) is 36.2 Å². The van der Waals surface area contributed by atoms with E-state index in [0.717, 1.165) is 30.2 Å². The third kappa shape index (κ3) is 4.48. The first-order chi connectivity index (χ1) is 16.3.